The van der Waals surface area contributed by atoms with Crippen molar-refractivity contribution < 1.29 is 4.42 Å². The third-order valence-corrected chi connectivity index (χ3v) is 9.63. The van der Waals surface area contributed by atoms with Crippen molar-refractivity contribution in [2.75, 3.05) is 4.90 Å². The number of furan rings is 1. The van der Waals surface area contributed by atoms with E-state index in [1.807, 2.05) is 6.07 Å². The van der Waals surface area contributed by atoms with Crippen LogP contribution in [0.25, 0.3) is 55.0 Å². The van der Waals surface area contributed by atoms with Crippen LogP contribution in [0.5, 0.6) is 0 Å². The van der Waals surface area contributed by atoms with Gasteiger partial charge in [-0.3, -0.25) is 0 Å². The van der Waals surface area contributed by atoms with Gasteiger partial charge in [-0.05, 0) is 92.7 Å². The minimum absolute atomic E-state index is 0.102. The van der Waals surface area contributed by atoms with Gasteiger partial charge in [-0.1, -0.05) is 117 Å². The summed E-state index contributed by atoms with van der Waals surface area (Å²) < 4.78 is 6.37. The van der Waals surface area contributed by atoms with Crippen LogP contribution in [-0.2, 0) is 5.41 Å². The van der Waals surface area contributed by atoms with Crippen LogP contribution in [0.15, 0.2) is 156 Å². The van der Waals surface area contributed by atoms with Crippen molar-refractivity contribution in [3.05, 3.63) is 163 Å². The van der Waals surface area contributed by atoms with Crippen molar-refractivity contribution in [2.24, 2.45) is 0 Å². The molecule has 8 aromatic rings. The number of fused-ring (bicyclic) bond motifs is 7. The number of anilines is 3. The van der Waals surface area contributed by atoms with Crippen LogP contribution in [-0.4, -0.2) is 0 Å². The number of rotatable bonds is 4. The molecule has 1 aliphatic rings. The second-order valence-electron chi connectivity index (χ2n) is 12.6. The molecule has 9 rings (SSSR count). The summed E-state index contributed by atoms with van der Waals surface area (Å²) in [6, 6.07) is 54.8. The zero-order valence-corrected chi connectivity index (χ0v) is 25.3. The Labute approximate surface area is 262 Å². The molecule has 1 aliphatic carbocycles. The Morgan fingerprint density at radius 2 is 1.20 bits per heavy atom. The van der Waals surface area contributed by atoms with Crippen molar-refractivity contribution in [3.63, 3.8) is 0 Å². The highest BCUT2D eigenvalue weighted by atomic mass is 16.3. The molecule has 2 heteroatoms. The minimum Gasteiger partial charge on any atom is -0.456 e. The Hall–Kier alpha value is -5.60. The van der Waals surface area contributed by atoms with E-state index in [9.17, 15) is 0 Å². The molecule has 0 unspecified atom stereocenters. The molecule has 0 atom stereocenters. The normalized spacial score (nSPS) is 13.3. The monoisotopic (exact) mass is 577 g/mol. The molecular formula is C43H31NO. The number of nitrogens with zero attached hydrogens (tertiary/aromatic N) is 1. The van der Waals surface area contributed by atoms with Crippen molar-refractivity contribution in [3.8, 4) is 22.3 Å². The lowest BCUT2D eigenvalue weighted by molar-refractivity contribution is 0.660. The van der Waals surface area contributed by atoms with E-state index in [0.29, 0.717) is 0 Å². The quantitative estimate of drug-likeness (QED) is 0.207. The van der Waals surface area contributed by atoms with Crippen LogP contribution >= 0.6 is 0 Å². The van der Waals surface area contributed by atoms with Gasteiger partial charge in [0.2, 0.25) is 0 Å². The highest BCUT2D eigenvalue weighted by molar-refractivity contribution is 6.13. The molecule has 214 valence electrons. The Morgan fingerprint density at radius 3 is 2.13 bits per heavy atom. The SMILES string of the molecule is CC1(C)c2ccccc2-c2ccc(N(c3cccc(-c4ccc5ccccc5c4)c3)c3cccc4oc5ccccc5c34)cc21. The lowest BCUT2D eigenvalue weighted by Gasteiger charge is -2.29. The standard InChI is InChI=1S/C43H31NO/c1-43(2)37-17-7-5-15-34(37)35-24-23-33(27-38(35)43)44(39-18-10-20-41-42(39)36-16-6-8-19-40(36)45-41)32-14-9-13-30(26-32)31-22-21-28-11-3-4-12-29(28)25-31/h3-27H,1-2H3. The molecular weight excluding hydrogens is 546 g/mol. The van der Waals surface area contributed by atoms with Gasteiger partial charge in [-0.15, -0.1) is 0 Å². The van der Waals surface area contributed by atoms with E-state index >= 15 is 0 Å². The van der Waals surface area contributed by atoms with Gasteiger partial charge in [0.1, 0.15) is 11.2 Å². The fourth-order valence-electron chi connectivity index (χ4n) is 7.39. The molecule has 1 heterocycles. The Morgan fingerprint density at radius 1 is 0.489 bits per heavy atom. The maximum Gasteiger partial charge on any atom is 0.137 e. The van der Waals surface area contributed by atoms with E-state index in [0.717, 1.165) is 39.0 Å². The van der Waals surface area contributed by atoms with E-state index < -0.39 is 0 Å². The molecule has 0 N–H and O–H groups in total. The smallest absolute Gasteiger partial charge is 0.137 e. The summed E-state index contributed by atoms with van der Waals surface area (Å²) in [5.74, 6) is 0. The van der Waals surface area contributed by atoms with Crippen molar-refractivity contribution in [2.45, 2.75) is 19.3 Å². The van der Waals surface area contributed by atoms with Crippen molar-refractivity contribution in [1.82, 2.24) is 0 Å². The van der Waals surface area contributed by atoms with Gasteiger partial charge in [0.05, 0.1) is 11.1 Å². The molecule has 2 nitrogen and oxygen atoms in total. The molecule has 0 bridgehead atoms. The summed E-state index contributed by atoms with van der Waals surface area (Å²) in [6.07, 6.45) is 0. The van der Waals surface area contributed by atoms with Crippen LogP contribution in [0.1, 0.15) is 25.0 Å². The summed E-state index contributed by atoms with van der Waals surface area (Å²) >= 11 is 0. The third-order valence-electron chi connectivity index (χ3n) is 9.63. The topological polar surface area (TPSA) is 16.4 Å². The average Bonchev–Trinajstić information content (AvgIpc) is 3.58. The number of benzene rings is 7. The zero-order chi connectivity index (χ0) is 30.1. The van der Waals surface area contributed by atoms with Crippen LogP contribution in [0.2, 0.25) is 0 Å². The second kappa shape index (κ2) is 9.70. The lowest BCUT2D eigenvalue weighted by atomic mass is 9.82. The first kappa shape index (κ1) is 25.9. The van der Waals surface area contributed by atoms with E-state index in [4.69, 9.17) is 4.42 Å². The van der Waals surface area contributed by atoms with Crippen LogP contribution < -0.4 is 4.90 Å². The largest absolute Gasteiger partial charge is 0.456 e. The van der Waals surface area contributed by atoms with Gasteiger partial charge in [-0.2, -0.15) is 0 Å². The summed E-state index contributed by atoms with van der Waals surface area (Å²) in [5.41, 5.74) is 12.8. The minimum atomic E-state index is -0.102. The molecule has 0 radical (unpaired) electrons. The van der Waals surface area contributed by atoms with Crippen LogP contribution in [0, 0.1) is 0 Å². The van der Waals surface area contributed by atoms with Crippen LogP contribution in [0.3, 0.4) is 0 Å². The van der Waals surface area contributed by atoms with Gasteiger partial charge in [0, 0.05) is 22.2 Å². The van der Waals surface area contributed by atoms with Crippen molar-refractivity contribution in [1.29, 1.82) is 0 Å². The summed E-state index contributed by atoms with van der Waals surface area (Å²) in [4.78, 5) is 2.41. The average molecular weight is 578 g/mol. The predicted octanol–water partition coefficient (Wildman–Crippen LogP) is 12.2. The summed E-state index contributed by atoms with van der Waals surface area (Å²) in [7, 11) is 0. The van der Waals surface area contributed by atoms with Crippen molar-refractivity contribution >= 4 is 49.8 Å². The molecule has 7 aromatic carbocycles. The predicted molar refractivity (Wildman–Crippen MR) is 189 cm³/mol. The first-order valence-electron chi connectivity index (χ1n) is 15.6. The maximum atomic E-state index is 6.37. The lowest BCUT2D eigenvalue weighted by Crippen LogP contribution is -2.16. The molecule has 0 aliphatic heterocycles. The third kappa shape index (κ3) is 3.96. The summed E-state index contributed by atoms with van der Waals surface area (Å²) in [5, 5.41) is 4.73. The van der Waals surface area contributed by atoms with Gasteiger partial charge >= 0.3 is 0 Å². The molecule has 1 aromatic heterocycles. The van der Waals surface area contributed by atoms with Gasteiger partial charge < -0.3 is 9.32 Å². The highest BCUT2D eigenvalue weighted by Crippen LogP contribution is 2.51. The highest BCUT2D eigenvalue weighted by Gasteiger charge is 2.36. The molecule has 45 heavy (non-hydrogen) atoms. The molecule has 0 saturated carbocycles. The molecule has 0 fully saturated rings. The number of hydrogen-bond donors (Lipinski definition) is 0. The Kier molecular flexibility index (Phi) is 5.58. The van der Waals surface area contributed by atoms with Gasteiger partial charge in [0.15, 0.2) is 0 Å². The van der Waals surface area contributed by atoms with E-state index in [1.165, 1.54) is 44.2 Å². The van der Waals surface area contributed by atoms with E-state index in [1.54, 1.807) is 0 Å². The zero-order valence-electron chi connectivity index (χ0n) is 25.3. The first-order chi connectivity index (χ1) is 22.1. The van der Waals surface area contributed by atoms with E-state index in [-0.39, 0.29) is 5.41 Å². The molecule has 0 saturated heterocycles. The number of hydrogen-bond acceptors (Lipinski definition) is 2. The Balaban J connectivity index is 1.28. The second-order valence-corrected chi connectivity index (χ2v) is 12.6. The summed E-state index contributed by atoms with van der Waals surface area (Å²) in [6.45, 7) is 4.69. The van der Waals surface area contributed by atoms with Gasteiger partial charge in [0.25, 0.3) is 0 Å². The Bertz CT molecular complexity index is 2430. The van der Waals surface area contributed by atoms with E-state index in [2.05, 4.69) is 164 Å². The fourth-order valence-corrected chi connectivity index (χ4v) is 7.39. The van der Waals surface area contributed by atoms with Crippen LogP contribution in [0.4, 0.5) is 17.1 Å². The van der Waals surface area contributed by atoms with Gasteiger partial charge in [-0.25, -0.2) is 0 Å². The first-order valence-corrected chi connectivity index (χ1v) is 15.6. The number of para-hydroxylation sites is 1. The molecule has 0 amide bonds. The maximum absolute atomic E-state index is 6.37. The fraction of sp³-hybridized carbons (Fsp3) is 0.0698. The molecule has 0 spiro atoms.